The van der Waals surface area contributed by atoms with Crippen molar-refractivity contribution in [1.29, 1.82) is 0 Å². The summed E-state index contributed by atoms with van der Waals surface area (Å²) < 4.78 is 12.0. The lowest BCUT2D eigenvalue weighted by molar-refractivity contribution is -0.384. The van der Waals surface area contributed by atoms with Crippen LogP contribution in [0.4, 0.5) is 11.5 Å². The Hall–Kier alpha value is -1.50. The van der Waals surface area contributed by atoms with E-state index < -0.39 is 15.7 Å². The zero-order valence-electron chi connectivity index (χ0n) is 12.4. The van der Waals surface area contributed by atoms with Crippen LogP contribution in [0.15, 0.2) is 12.3 Å². The van der Waals surface area contributed by atoms with Gasteiger partial charge < -0.3 is 5.32 Å². The highest BCUT2D eigenvalue weighted by molar-refractivity contribution is 7.85. The fraction of sp³-hybridized carbons (Fsp3) is 0.643. The number of aryl methyl sites for hydroxylation is 1. The zero-order chi connectivity index (χ0) is 15.4. The maximum atomic E-state index is 12.0. The predicted molar refractivity (Wildman–Crippen MR) is 84.0 cm³/mol. The van der Waals surface area contributed by atoms with Gasteiger partial charge in [0.15, 0.2) is 0 Å². The minimum Gasteiger partial charge on any atom is -0.362 e. The molecule has 0 saturated heterocycles. The van der Waals surface area contributed by atoms with Gasteiger partial charge in [0.05, 0.1) is 4.92 Å². The van der Waals surface area contributed by atoms with Crippen molar-refractivity contribution in [3.63, 3.8) is 0 Å². The molecule has 7 heteroatoms. The van der Waals surface area contributed by atoms with Crippen LogP contribution in [0, 0.1) is 17.0 Å². The first-order valence-electron chi connectivity index (χ1n) is 7.26. The Labute approximate surface area is 127 Å². The van der Waals surface area contributed by atoms with Gasteiger partial charge in [-0.25, -0.2) is 4.98 Å². The molecule has 0 radical (unpaired) electrons. The minimum atomic E-state index is -0.805. The topological polar surface area (TPSA) is 85.1 Å². The molecule has 0 spiro atoms. The fourth-order valence-corrected chi connectivity index (χ4v) is 4.18. The van der Waals surface area contributed by atoms with Gasteiger partial charge in [0.25, 0.3) is 0 Å². The van der Waals surface area contributed by atoms with Gasteiger partial charge in [-0.2, -0.15) is 0 Å². The van der Waals surface area contributed by atoms with E-state index >= 15 is 0 Å². The first-order chi connectivity index (χ1) is 10.0. The molecule has 21 heavy (non-hydrogen) atoms. The van der Waals surface area contributed by atoms with Gasteiger partial charge in [-0.05, 0) is 32.3 Å². The quantitative estimate of drug-likeness (QED) is 0.667. The molecule has 2 rings (SSSR count). The molecule has 116 valence electrons. The van der Waals surface area contributed by atoms with Crippen molar-refractivity contribution in [1.82, 2.24) is 4.98 Å². The lowest BCUT2D eigenvalue weighted by Gasteiger charge is -2.29. The minimum absolute atomic E-state index is 0.0382. The van der Waals surface area contributed by atoms with E-state index in [1.807, 2.05) is 6.92 Å². The van der Waals surface area contributed by atoms with Crippen LogP contribution in [0.3, 0.4) is 0 Å². The summed E-state index contributed by atoms with van der Waals surface area (Å²) in [7, 11) is -0.805. The second-order valence-corrected chi connectivity index (χ2v) is 7.39. The van der Waals surface area contributed by atoms with Crippen LogP contribution in [0.2, 0.25) is 0 Å². The van der Waals surface area contributed by atoms with Crippen LogP contribution in [0.1, 0.15) is 38.2 Å². The third kappa shape index (κ3) is 3.78. The molecule has 6 nitrogen and oxygen atoms in total. The zero-order valence-corrected chi connectivity index (χ0v) is 13.2. The van der Waals surface area contributed by atoms with Crippen LogP contribution >= 0.6 is 0 Å². The van der Waals surface area contributed by atoms with Gasteiger partial charge >= 0.3 is 5.69 Å². The molecule has 0 amide bonds. The fourth-order valence-electron chi connectivity index (χ4n) is 2.83. The standard InChI is InChI=1S/C14H21N3O3S/c1-3-21(20)12-6-4-5-11(9-12)16-14-13(17(18)19)10(2)7-8-15-14/h7-8,11-12H,3-6,9H2,1-2H3,(H,15,16)/t11-,12+,21+/m1/s1. The Kier molecular flexibility index (Phi) is 5.27. The van der Waals surface area contributed by atoms with E-state index in [1.54, 1.807) is 19.2 Å². The van der Waals surface area contributed by atoms with E-state index in [4.69, 9.17) is 0 Å². The number of hydrogen-bond acceptors (Lipinski definition) is 5. The highest BCUT2D eigenvalue weighted by Crippen LogP contribution is 2.30. The Morgan fingerprint density at radius 3 is 2.95 bits per heavy atom. The molecule has 1 aromatic rings. The first-order valence-corrected chi connectivity index (χ1v) is 8.64. The molecule has 1 heterocycles. The van der Waals surface area contributed by atoms with Crippen LogP contribution in [-0.2, 0) is 10.8 Å². The molecule has 3 atom stereocenters. The van der Waals surface area contributed by atoms with E-state index in [0.717, 1.165) is 25.7 Å². The summed E-state index contributed by atoms with van der Waals surface area (Å²) in [5.74, 6) is 0.994. The number of nitrogens with zero attached hydrogens (tertiary/aromatic N) is 2. The summed E-state index contributed by atoms with van der Waals surface area (Å²) in [6.07, 6.45) is 5.27. The molecule has 1 aromatic heterocycles. The average molecular weight is 311 g/mol. The number of anilines is 1. The number of hydrogen-bond donors (Lipinski definition) is 1. The van der Waals surface area contributed by atoms with E-state index in [9.17, 15) is 14.3 Å². The third-order valence-electron chi connectivity index (χ3n) is 3.93. The second kappa shape index (κ2) is 6.98. The molecule has 1 fully saturated rings. The average Bonchev–Trinajstić information content (AvgIpc) is 2.46. The Morgan fingerprint density at radius 1 is 1.52 bits per heavy atom. The van der Waals surface area contributed by atoms with Gasteiger partial charge in [-0.1, -0.05) is 13.3 Å². The number of pyridine rings is 1. The summed E-state index contributed by atoms with van der Waals surface area (Å²) in [6.45, 7) is 3.64. The number of nitrogens with one attached hydrogen (secondary N) is 1. The highest BCUT2D eigenvalue weighted by atomic mass is 32.2. The Balaban J connectivity index is 2.13. The molecule has 1 aliphatic rings. The van der Waals surface area contributed by atoms with Crippen LogP contribution in [0.25, 0.3) is 0 Å². The molecule has 0 unspecified atom stereocenters. The lowest BCUT2D eigenvalue weighted by atomic mass is 9.95. The maximum Gasteiger partial charge on any atom is 0.314 e. The van der Waals surface area contributed by atoms with Gasteiger partial charge in [-0.3, -0.25) is 14.3 Å². The summed E-state index contributed by atoms with van der Waals surface area (Å²) in [6, 6.07) is 1.74. The molecule has 0 bridgehead atoms. The number of aromatic nitrogens is 1. The summed E-state index contributed by atoms with van der Waals surface area (Å²) in [5, 5.41) is 14.6. The number of nitro groups is 1. The molecule has 0 aliphatic heterocycles. The van der Waals surface area contributed by atoms with Crippen LogP contribution in [0.5, 0.6) is 0 Å². The maximum absolute atomic E-state index is 12.0. The van der Waals surface area contributed by atoms with Crippen molar-refractivity contribution in [3.8, 4) is 0 Å². The predicted octanol–water partition coefficient (Wildman–Crippen LogP) is 2.79. The Bertz CT molecular complexity index is 550. The van der Waals surface area contributed by atoms with Crippen molar-refractivity contribution in [3.05, 3.63) is 27.9 Å². The summed E-state index contributed by atoms with van der Waals surface area (Å²) >= 11 is 0. The lowest BCUT2D eigenvalue weighted by Crippen LogP contribution is -2.33. The van der Waals surface area contributed by atoms with Gasteiger partial charge in [0, 0.05) is 39.6 Å². The molecular formula is C14H21N3O3S. The second-order valence-electron chi connectivity index (χ2n) is 5.38. The number of rotatable bonds is 5. The SMILES string of the molecule is CC[S@](=O)[C@H]1CCC[C@@H](Nc2nccc(C)c2[N+](=O)[O-])C1. The molecular weight excluding hydrogens is 290 g/mol. The van der Waals surface area contributed by atoms with E-state index in [2.05, 4.69) is 10.3 Å². The van der Waals surface area contributed by atoms with Crippen molar-refractivity contribution in [2.24, 2.45) is 0 Å². The van der Waals surface area contributed by atoms with Crippen molar-refractivity contribution in [2.45, 2.75) is 50.8 Å². The third-order valence-corrected chi connectivity index (χ3v) is 5.67. The monoisotopic (exact) mass is 311 g/mol. The normalized spacial score (nSPS) is 23.5. The van der Waals surface area contributed by atoms with Gasteiger partial charge in [0.2, 0.25) is 5.82 Å². The van der Waals surface area contributed by atoms with E-state index in [1.165, 1.54) is 0 Å². The van der Waals surface area contributed by atoms with Gasteiger partial charge in [0.1, 0.15) is 0 Å². The molecule has 1 saturated carbocycles. The van der Waals surface area contributed by atoms with E-state index in [-0.39, 0.29) is 17.0 Å². The first kappa shape index (κ1) is 15.9. The smallest absolute Gasteiger partial charge is 0.314 e. The van der Waals surface area contributed by atoms with Gasteiger partial charge in [-0.15, -0.1) is 0 Å². The van der Waals surface area contributed by atoms with Crippen molar-refractivity contribution < 1.29 is 9.13 Å². The van der Waals surface area contributed by atoms with Crippen LogP contribution < -0.4 is 5.32 Å². The largest absolute Gasteiger partial charge is 0.362 e. The molecule has 0 aromatic carbocycles. The van der Waals surface area contributed by atoms with Crippen molar-refractivity contribution in [2.75, 3.05) is 11.1 Å². The molecule has 1 aliphatic carbocycles. The van der Waals surface area contributed by atoms with Crippen LogP contribution in [-0.4, -0.2) is 31.2 Å². The van der Waals surface area contributed by atoms with Crippen molar-refractivity contribution >= 4 is 22.3 Å². The summed E-state index contributed by atoms with van der Waals surface area (Å²) in [5.41, 5.74) is 0.637. The molecule has 1 N–H and O–H groups in total. The Morgan fingerprint density at radius 2 is 2.29 bits per heavy atom. The highest BCUT2D eigenvalue weighted by Gasteiger charge is 2.28. The summed E-state index contributed by atoms with van der Waals surface area (Å²) in [4.78, 5) is 14.9. The van der Waals surface area contributed by atoms with E-state index in [0.29, 0.717) is 17.1 Å².